The monoisotopic (exact) mass is 545 g/mol. The Morgan fingerprint density at radius 1 is 1.07 bits per heavy atom. The van der Waals surface area contributed by atoms with E-state index >= 15 is 0 Å². The summed E-state index contributed by atoms with van der Waals surface area (Å²) < 4.78 is 16.2. The SMILES string of the molecule is COC(=O)Cc1ccc(Nc2cc3c(cn2)CCN(c2cnc4c(c2C)N(C(=O)OC(C)(C)C)CCO4)C3)cc1. The van der Waals surface area contributed by atoms with E-state index in [0.717, 1.165) is 41.3 Å². The van der Waals surface area contributed by atoms with Crippen LogP contribution in [0.3, 0.4) is 0 Å². The molecule has 0 saturated carbocycles. The van der Waals surface area contributed by atoms with Crippen molar-refractivity contribution in [3.63, 3.8) is 0 Å². The number of methoxy groups -OCH3 is 1. The first-order valence-electron chi connectivity index (χ1n) is 13.4. The minimum atomic E-state index is -0.601. The molecule has 0 aliphatic carbocycles. The van der Waals surface area contributed by atoms with E-state index in [1.165, 1.54) is 18.2 Å². The molecular formula is C30H35N5O5. The van der Waals surface area contributed by atoms with Gasteiger partial charge >= 0.3 is 12.1 Å². The number of pyridine rings is 2. The predicted octanol–water partition coefficient (Wildman–Crippen LogP) is 4.94. The summed E-state index contributed by atoms with van der Waals surface area (Å²) in [6.07, 6.45) is 4.43. The Bertz CT molecular complexity index is 1420. The number of amides is 1. The molecule has 1 aromatic carbocycles. The molecular weight excluding hydrogens is 510 g/mol. The second-order valence-corrected chi connectivity index (χ2v) is 11.0. The molecule has 4 heterocycles. The van der Waals surface area contributed by atoms with Gasteiger partial charge in [0.05, 0.1) is 32.0 Å². The van der Waals surface area contributed by atoms with Crippen molar-refractivity contribution in [2.75, 3.05) is 41.9 Å². The van der Waals surface area contributed by atoms with Crippen molar-refractivity contribution in [1.29, 1.82) is 0 Å². The first-order chi connectivity index (χ1) is 19.1. The van der Waals surface area contributed by atoms with E-state index in [2.05, 4.69) is 26.3 Å². The Labute approximate surface area is 234 Å². The van der Waals surface area contributed by atoms with Crippen LogP contribution >= 0.6 is 0 Å². The van der Waals surface area contributed by atoms with Crippen molar-refractivity contribution < 1.29 is 23.8 Å². The summed E-state index contributed by atoms with van der Waals surface area (Å²) >= 11 is 0. The number of benzene rings is 1. The first kappa shape index (κ1) is 27.2. The number of nitrogens with zero attached hydrogens (tertiary/aromatic N) is 4. The topological polar surface area (TPSA) is 106 Å². The zero-order valence-electron chi connectivity index (χ0n) is 23.6. The van der Waals surface area contributed by atoms with Crippen LogP contribution in [0.25, 0.3) is 0 Å². The smallest absolute Gasteiger partial charge is 0.415 e. The van der Waals surface area contributed by atoms with Crippen LogP contribution in [0.1, 0.15) is 43.0 Å². The summed E-state index contributed by atoms with van der Waals surface area (Å²) in [6.45, 7) is 9.83. The van der Waals surface area contributed by atoms with E-state index in [1.807, 2.05) is 64.4 Å². The Morgan fingerprint density at radius 2 is 1.85 bits per heavy atom. The van der Waals surface area contributed by atoms with E-state index in [1.54, 1.807) is 4.90 Å². The lowest BCUT2D eigenvalue weighted by molar-refractivity contribution is -0.139. The van der Waals surface area contributed by atoms with Crippen molar-refractivity contribution in [1.82, 2.24) is 9.97 Å². The van der Waals surface area contributed by atoms with Gasteiger partial charge in [0, 0.05) is 30.5 Å². The van der Waals surface area contributed by atoms with Crippen molar-refractivity contribution in [3.8, 4) is 5.88 Å². The Morgan fingerprint density at radius 3 is 2.58 bits per heavy atom. The number of aromatic nitrogens is 2. The highest BCUT2D eigenvalue weighted by molar-refractivity contribution is 5.92. The third-order valence-corrected chi connectivity index (χ3v) is 6.92. The van der Waals surface area contributed by atoms with E-state index in [-0.39, 0.29) is 12.4 Å². The number of esters is 1. The number of rotatable bonds is 5. The van der Waals surface area contributed by atoms with Gasteiger partial charge < -0.3 is 24.4 Å². The molecule has 2 aromatic heterocycles. The molecule has 10 heteroatoms. The largest absolute Gasteiger partial charge is 0.474 e. The fraction of sp³-hybridized carbons (Fsp3) is 0.400. The van der Waals surface area contributed by atoms with Gasteiger partial charge in [-0.3, -0.25) is 9.69 Å². The quantitative estimate of drug-likeness (QED) is 0.446. The molecule has 0 radical (unpaired) electrons. The summed E-state index contributed by atoms with van der Waals surface area (Å²) in [5, 5.41) is 3.36. The van der Waals surface area contributed by atoms with Gasteiger partial charge in [-0.2, -0.15) is 0 Å². The van der Waals surface area contributed by atoms with Gasteiger partial charge in [0.2, 0.25) is 5.88 Å². The number of anilines is 4. The molecule has 0 spiro atoms. The standard InChI is InChI=1S/C30H35N5O5/c1-19-24(17-32-28-27(19)35(12-13-39-28)29(37)40-30(2,3)4)34-11-10-21-16-31-25(15-22(21)18-34)33-23-8-6-20(7-9-23)14-26(36)38-5/h6-9,15-17H,10-14,18H2,1-5H3,(H,31,33). The van der Waals surface area contributed by atoms with E-state index in [0.29, 0.717) is 31.3 Å². The molecule has 3 aromatic rings. The average molecular weight is 546 g/mol. The highest BCUT2D eigenvalue weighted by Gasteiger charge is 2.32. The van der Waals surface area contributed by atoms with Crippen LogP contribution in [0.4, 0.5) is 27.7 Å². The molecule has 5 rings (SSSR count). The maximum Gasteiger partial charge on any atom is 0.415 e. The molecule has 0 unspecified atom stereocenters. The minimum absolute atomic E-state index is 0.238. The Kier molecular flexibility index (Phi) is 7.51. The lowest BCUT2D eigenvalue weighted by atomic mass is 10.0. The molecule has 0 fully saturated rings. The third-order valence-electron chi connectivity index (χ3n) is 6.92. The molecule has 2 aliphatic rings. The van der Waals surface area contributed by atoms with Gasteiger partial charge in [0.25, 0.3) is 0 Å². The van der Waals surface area contributed by atoms with Gasteiger partial charge in [-0.25, -0.2) is 14.8 Å². The lowest BCUT2D eigenvalue weighted by Gasteiger charge is -2.35. The van der Waals surface area contributed by atoms with Gasteiger partial charge in [0.15, 0.2) is 0 Å². The Balaban J connectivity index is 1.34. The van der Waals surface area contributed by atoms with Crippen LogP contribution in [0.15, 0.2) is 42.7 Å². The molecule has 40 heavy (non-hydrogen) atoms. The van der Waals surface area contributed by atoms with Crippen molar-refractivity contribution in [3.05, 3.63) is 65.0 Å². The number of fused-ring (bicyclic) bond motifs is 2. The zero-order chi connectivity index (χ0) is 28.4. The number of nitrogens with one attached hydrogen (secondary N) is 1. The average Bonchev–Trinajstić information content (AvgIpc) is 2.92. The van der Waals surface area contributed by atoms with E-state index < -0.39 is 11.7 Å². The number of carbonyl (C=O) groups is 2. The van der Waals surface area contributed by atoms with Crippen LogP contribution in [0.5, 0.6) is 5.88 Å². The molecule has 0 bridgehead atoms. The Hall–Kier alpha value is -4.34. The van der Waals surface area contributed by atoms with Crippen LogP contribution in [0.2, 0.25) is 0 Å². The fourth-order valence-electron chi connectivity index (χ4n) is 4.95. The van der Waals surface area contributed by atoms with Crippen molar-refractivity contribution >= 4 is 34.9 Å². The summed E-state index contributed by atoms with van der Waals surface area (Å²) in [6, 6.07) is 9.71. The fourth-order valence-corrected chi connectivity index (χ4v) is 4.95. The van der Waals surface area contributed by atoms with Crippen LogP contribution in [-0.4, -0.2) is 54.4 Å². The van der Waals surface area contributed by atoms with Crippen molar-refractivity contribution in [2.24, 2.45) is 0 Å². The summed E-state index contributed by atoms with van der Waals surface area (Å²) in [4.78, 5) is 37.6. The van der Waals surface area contributed by atoms with Gasteiger partial charge in [-0.05, 0) is 69.0 Å². The maximum atomic E-state index is 13.0. The lowest BCUT2D eigenvalue weighted by Crippen LogP contribution is -2.42. The van der Waals surface area contributed by atoms with Crippen LogP contribution < -0.4 is 19.9 Å². The minimum Gasteiger partial charge on any atom is -0.474 e. The third kappa shape index (κ3) is 5.95. The highest BCUT2D eigenvalue weighted by Crippen LogP contribution is 2.40. The highest BCUT2D eigenvalue weighted by atomic mass is 16.6. The first-order valence-corrected chi connectivity index (χ1v) is 13.4. The summed E-state index contributed by atoms with van der Waals surface area (Å²) in [5.74, 6) is 0.922. The van der Waals surface area contributed by atoms with E-state index in [9.17, 15) is 9.59 Å². The predicted molar refractivity (Wildman–Crippen MR) is 152 cm³/mol. The van der Waals surface area contributed by atoms with E-state index in [4.69, 9.17) is 14.2 Å². The molecule has 1 N–H and O–H groups in total. The number of carbonyl (C=O) groups excluding carboxylic acids is 2. The number of hydrogen-bond acceptors (Lipinski definition) is 9. The second-order valence-electron chi connectivity index (χ2n) is 11.0. The normalized spacial score (nSPS) is 14.5. The maximum absolute atomic E-state index is 13.0. The van der Waals surface area contributed by atoms with Gasteiger partial charge in [-0.15, -0.1) is 0 Å². The molecule has 0 saturated heterocycles. The zero-order valence-corrected chi connectivity index (χ0v) is 23.6. The van der Waals surface area contributed by atoms with Crippen molar-refractivity contribution in [2.45, 2.75) is 52.7 Å². The molecule has 210 valence electrons. The molecule has 10 nitrogen and oxygen atoms in total. The number of ether oxygens (including phenoxy) is 3. The summed E-state index contributed by atoms with van der Waals surface area (Å²) in [7, 11) is 1.39. The van der Waals surface area contributed by atoms with Gasteiger partial charge in [-0.1, -0.05) is 12.1 Å². The molecule has 1 amide bonds. The van der Waals surface area contributed by atoms with Crippen LogP contribution in [0, 0.1) is 6.92 Å². The summed E-state index contributed by atoms with van der Waals surface area (Å²) in [5.41, 5.74) is 6.09. The second kappa shape index (κ2) is 11.0. The molecule has 2 aliphatic heterocycles. The molecule has 0 atom stereocenters. The van der Waals surface area contributed by atoms with Crippen LogP contribution in [-0.2, 0) is 33.7 Å². The number of hydrogen-bond donors (Lipinski definition) is 1. The van der Waals surface area contributed by atoms with Gasteiger partial charge in [0.1, 0.15) is 23.7 Å².